The second-order valence-electron chi connectivity index (χ2n) is 10.5. The standard InChI is InChI=1S/C27H34ClN3O5/c1-16(2)30(4)19-9-12-23(27(3,15-19)26(34)35)31-14-13-20(25(31)33)29-24(32)22-11-10-21(36-22)17-5-7-18(28)8-6-17/h5-8,10-11,16,19-20,23H,9,12-15H2,1-4H3,(H,29,32)(H,34,35)/t19-,20+,23+,27+/m1/s1. The van der Waals surface area contributed by atoms with Gasteiger partial charge in [0, 0.05) is 35.3 Å². The van der Waals surface area contributed by atoms with Crippen LogP contribution in [0.25, 0.3) is 11.3 Å². The highest BCUT2D eigenvalue weighted by atomic mass is 35.5. The number of hydrogen-bond acceptors (Lipinski definition) is 5. The first-order valence-corrected chi connectivity index (χ1v) is 12.8. The van der Waals surface area contributed by atoms with Crippen LogP contribution in [0.1, 0.15) is 57.0 Å². The minimum absolute atomic E-state index is 0.110. The predicted octanol–water partition coefficient (Wildman–Crippen LogP) is 4.28. The van der Waals surface area contributed by atoms with Crippen LogP contribution in [-0.4, -0.2) is 70.4 Å². The Morgan fingerprint density at radius 1 is 1.17 bits per heavy atom. The summed E-state index contributed by atoms with van der Waals surface area (Å²) >= 11 is 5.93. The first-order valence-electron chi connectivity index (χ1n) is 12.4. The van der Waals surface area contributed by atoms with Gasteiger partial charge in [0.1, 0.15) is 11.8 Å². The van der Waals surface area contributed by atoms with Crippen molar-refractivity contribution in [2.75, 3.05) is 13.6 Å². The number of carbonyl (C=O) groups is 3. The molecule has 1 aromatic heterocycles. The molecule has 2 aliphatic rings. The summed E-state index contributed by atoms with van der Waals surface area (Å²) in [5.74, 6) is -0.963. The molecule has 0 radical (unpaired) electrons. The molecule has 1 saturated carbocycles. The summed E-state index contributed by atoms with van der Waals surface area (Å²) < 4.78 is 5.72. The maximum absolute atomic E-state index is 13.3. The van der Waals surface area contributed by atoms with Gasteiger partial charge in [0.25, 0.3) is 5.91 Å². The van der Waals surface area contributed by atoms with Gasteiger partial charge in [-0.2, -0.15) is 0 Å². The molecule has 9 heteroatoms. The minimum Gasteiger partial charge on any atom is -0.481 e. The summed E-state index contributed by atoms with van der Waals surface area (Å²) in [6.07, 6.45) is 2.33. The van der Waals surface area contributed by atoms with Gasteiger partial charge in [-0.25, -0.2) is 0 Å². The zero-order valence-electron chi connectivity index (χ0n) is 21.2. The Morgan fingerprint density at radius 2 is 1.86 bits per heavy atom. The monoisotopic (exact) mass is 515 g/mol. The highest BCUT2D eigenvalue weighted by Crippen LogP contribution is 2.42. The topological polar surface area (TPSA) is 103 Å². The molecule has 2 aromatic rings. The average Bonchev–Trinajstić information content (AvgIpc) is 3.47. The fourth-order valence-electron chi connectivity index (χ4n) is 5.50. The number of carbonyl (C=O) groups excluding carboxylic acids is 2. The van der Waals surface area contributed by atoms with E-state index in [4.69, 9.17) is 16.0 Å². The van der Waals surface area contributed by atoms with Crippen molar-refractivity contribution in [1.29, 1.82) is 0 Å². The van der Waals surface area contributed by atoms with Crippen LogP contribution >= 0.6 is 11.6 Å². The molecule has 2 heterocycles. The van der Waals surface area contributed by atoms with Crippen LogP contribution in [0.2, 0.25) is 5.02 Å². The van der Waals surface area contributed by atoms with Gasteiger partial charge in [0.15, 0.2) is 5.76 Å². The number of hydrogen-bond donors (Lipinski definition) is 2. The number of rotatable bonds is 7. The Labute approximate surface area is 216 Å². The number of likely N-dealkylation sites (tertiary alicyclic amines) is 1. The van der Waals surface area contributed by atoms with Gasteiger partial charge in [0.05, 0.1) is 5.41 Å². The van der Waals surface area contributed by atoms with Crippen molar-refractivity contribution in [3.8, 4) is 11.3 Å². The molecule has 4 atom stereocenters. The Morgan fingerprint density at radius 3 is 2.50 bits per heavy atom. The van der Waals surface area contributed by atoms with Crippen molar-refractivity contribution in [3.05, 3.63) is 47.2 Å². The number of carboxylic acids is 1. The Balaban J connectivity index is 1.43. The molecule has 8 nitrogen and oxygen atoms in total. The van der Waals surface area contributed by atoms with Crippen molar-refractivity contribution in [2.24, 2.45) is 5.41 Å². The predicted molar refractivity (Wildman–Crippen MR) is 137 cm³/mol. The van der Waals surface area contributed by atoms with Crippen LogP contribution in [0, 0.1) is 5.41 Å². The number of nitrogens with zero attached hydrogens (tertiary/aromatic N) is 2. The number of aliphatic carboxylic acids is 1. The van der Waals surface area contributed by atoms with E-state index in [0.29, 0.717) is 42.6 Å². The van der Waals surface area contributed by atoms with Gasteiger partial charge in [-0.15, -0.1) is 0 Å². The van der Waals surface area contributed by atoms with Crippen LogP contribution in [0.3, 0.4) is 0 Å². The molecule has 2 amide bonds. The number of amides is 2. The number of furan rings is 1. The van der Waals surface area contributed by atoms with Crippen molar-refractivity contribution in [1.82, 2.24) is 15.1 Å². The highest BCUT2D eigenvalue weighted by Gasteiger charge is 2.52. The average molecular weight is 516 g/mol. The summed E-state index contributed by atoms with van der Waals surface area (Å²) in [5.41, 5.74) is -0.275. The maximum atomic E-state index is 13.3. The molecular formula is C27H34ClN3O5. The smallest absolute Gasteiger partial charge is 0.311 e. The van der Waals surface area contributed by atoms with Crippen molar-refractivity contribution < 1.29 is 23.9 Å². The lowest BCUT2D eigenvalue weighted by molar-refractivity contribution is -0.159. The summed E-state index contributed by atoms with van der Waals surface area (Å²) in [7, 11) is 2.03. The van der Waals surface area contributed by atoms with Gasteiger partial charge >= 0.3 is 5.97 Å². The number of benzene rings is 1. The summed E-state index contributed by atoms with van der Waals surface area (Å²) in [6.45, 7) is 6.36. The largest absolute Gasteiger partial charge is 0.481 e. The Bertz CT molecular complexity index is 1130. The first-order chi connectivity index (χ1) is 17.0. The minimum atomic E-state index is -1.06. The normalized spacial score (nSPS) is 26.6. The summed E-state index contributed by atoms with van der Waals surface area (Å²) in [4.78, 5) is 42.5. The van der Waals surface area contributed by atoms with E-state index in [1.54, 1.807) is 48.2 Å². The Hall–Kier alpha value is -2.84. The van der Waals surface area contributed by atoms with Crippen LogP contribution in [0.15, 0.2) is 40.8 Å². The van der Waals surface area contributed by atoms with E-state index in [0.717, 1.165) is 12.0 Å². The molecule has 36 heavy (non-hydrogen) atoms. The number of nitrogens with one attached hydrogen (secondary N) is 1. The third-order valence-corrected chi connectivity index (χ3v) is 8.18. The lowest BCUT2D eigenvalue weighted by Gasteiger charge is -2.48. The van der Waals surface area contributed by atoms with Crippen LogP contribution in [0.5, 0.6) is 0 Å². The number of carboxylic acid groups (broad SMARTS) is 1. The molecule has 4 rings (SSSR count). The van der Waals surface area contributed by atoms with Crippen LogP contribution in [-0.2, 0) is 9.59 Å². The van der Waals surface area contributed by atoms with E-state index in [9.17, 15) is 19.5 Å². The third kappa shape index (κ3) is 5.02. The van der Waals surface area contributed by atoms with E-state index in [1.807, 2.05) is 7.05 Å². The van der Waals surface area contributed by atoms with Gasteiger partial charge in [0.2, 0.25) is 5.91 Å². The molecule has 1 aliphatic carbocycles. The molecule has 194 valence electrons. The zero-order valence-corrected chi connectivity index (χ0v) is 21.9. The summed E-state index contributed by atoms with van der Waals surface area (Å²) in [5, 5.41) is 13.6. The van der Waals surface area contributed by atoms with Gasteiger partial charge in [-0.3, -0.25) is 14.4 Å². The summed E-state index contributed by atoms with van der Waals surface area (Å²) in [6, 6.07) is 9.67. The zero-order chi connectivity index (χ0) is 26.2. The maximum Gasteiger partial charge on any atom is 0.311 e. The van der Waals surface area contributed by atoms with E-state index < -0.39 is 29.4 Å². The molecule has 1 aromatic carbocycles. The fourth-order valence-corrected chi connectivity index (χ4v) is 5.63. The lowest BCUT2D eigenvalue weighted by atomic mass is 9.68. The fraction of sp³-hybridized carbons (Fsp3) is 0.519. The van der Waals surface area contributed by atoms with E-state index >= 15 is 0 Å². The number of halogens is 1. The molecule has 0 spiro atoms. The molecule has 1 aliphatic heterocycles. The second kappa shape index (κ2) is 10.3. The van der Waals surface area contributed by atoms with Crippen molar-refractivity contribution in [3.63, 3.8) is 0 Å². The van der Waals surface area contributed by atoms with Gasteiger partial charge in [-0.05, 0) is 89.9 Å². The molecule has 2 fully saturated rings. The van der Waals surface area contributed by atoms with E-state index in [-0.39, 0.29) is 17.7 Å². The molecular weight excluding hydrogens is 482 g/mol. The van der Waals surface area contributed by atoms with Crippen LogP contribution < -0.4 is 5.32 Å². The molecule has 0 bridgehead atoms. The second-order valence-corrected chi connectivity index (χ2v) is 10.9. The van der Waals surface area contributed by atoms with Gasteiger partial charge < -0.3 is 24.6 Å². The molecule has 2 N–H and O–H groups in total. The van der Waals surface area contributed by atoms with Crippen LogP contribution in [0.4, 0.5) is 0 Å². The quantitative estimate of drug-likeness (QED) is 0.570. The first kappa shape index (κ1) is 26.2. The van der Waals surface area contributed by atoms with Gasteiger partial charge in [-0.1, -0.05) is 11.6 Å². The SMILES string of the molecule is CC(C)N(C)[C@@H]1CC[C@H](N2CC[C@H](NC(=O)c3ccc(-c4ccc(Cl)cc4)o3)C2=O)[C@@](C)(C(=O)O)C1. The third-order valence-electron chi connectivity index (χ3n) is 7.93. The molecule has 1 saturated heterocycles. The van der Waals surface area contributed by atoms with E-state index in [2.05, 4.69) is 24.1 Å². The van der Waals surface area contributed by atoms with E-state index in [1.165, 1.54) is 0 Å². The highest BCUT2D eigenvalue weighted by molar-refractivity contribution is 6.30. The van der Waals surface area contributed by atoms with Crippen molar-refractivity contribution in [2.45, 2.75) is 70.6 Å². The van der Waals surface area contributed by atoms with Crippen molar-refractivity contribution >= 4 is 29.4 Å². The Kier molecular flexibility index (Phi) is 7.48. The lowest BCUT2D eigenvalue weighted by Crippen LogP contribution is -2.58. The molecule has 0 unspecified atom stereocenters.